The van der Waals surface area contributed by atoms with Crippen LogP contribution in [0, 0.1) is 18.3 Å². The van der Waals surface area contributed by atoms with Crippen molar-refractivity contribution in [2.24, 2.45) is 0 Å². The Morgan fingerprint density at radius 3 is 2.67 bits per heavy atom. The molecule has 0 bridgehead atoms. The molecule has 0 unspecified atom stereocenters. The van der Waals surface area contributed by atoms with Crippen molar-refractivity contribution < 1.29 is 0 Å². The SMILES string of the molecule is Cc1ccc(C#N)c(=O)n1Cc1ccccc1Br. The maximum absolute atomic E-state index is 12.1. The Labute approximate surface area is 113 Å². The molecule has 2 rings (SSSR count). The highest BCUT2D eigenvalue weighted by Crippen LogP contribution is 2.17. The maximum atomic E-state index is 12.1. The fourth-order valence-corrected chi connectivity index (χ4v) is 2.16. The summed E-state index contributed by atoms with van der Waals surface area (Å²) >= 11 is 3.46. The third-order valence-corrected chi connectivity index (χ3v) is 3.57. The standard InChI is InChI=1S/C14H11BrN2O/c1-10-6-7-11(8-16)14(18)17(10)9-12-4-2-3-5-13(12)15/h2-7H,9H2,1H3. The zero-order valence-electron chi connectivity index (χ0n) is 9.85. The number of nitrogens with zero attached hydrogens (tertiary/aromatic N) is 2. The summed E-state index contributed by atoms with van der Waals surface area (Å²) in [6.45, 7) is 2.32. The topological polar surface area (TPSA) is 45.8 Å². The molecule has 1 aromatic heterocycles. The highest BCUT2D eigenvalue weighted by Gasteiger charge is 2.07. The van der Waals surface area contributed by atoms with Crippen LogP contribution in [-0.4, -0.2) is 4.57 Å². The summed E-state index contributed by atoms with van der Waals surface area (Å²) in [7, 11) is 0. The lowest BCUT2D eigenvalue weighted by Crippen LogP contribution is -2.25. The smallest absolute Gasteiger partial charge is 0.268 e. The van der Waals surface area contributed by atoms with Crippen molar-refractivity contribution in [1.29, 1.82) is 5.26 Å². The molecule has 0 aliphatic heterocycles. The van der Waals surface area contributed by atoms with E-state index in [0.29, 0.717) is 6.54 Å². The predicted octanol–water partition coefficient (Wildman–Crippen LogP) is 2.84. The second-order valence-corrected chi connectivity index (χ2v) is 4.84. The summed E-state index contributed by atoms with van der Waals surface area (Å²) in [5.41, 5.74) is 1.79. The van der Waals surface area contributed by atoms with Crippen LogP contribution < -0.4 is 5.56 Å². The van der Waals surface area contributed by atoms with Gasteiger partial charge in [0.05, 0.1) is 6.54 Å². The first-order chi connectivity index (χ1) is 8.63. The van der Waals surface area contributed by atoms with Gasteiger partial charge in [-0.1, -0.05) is 34.1 Å². The lowest BCUT2D eigenvalue weighted by Gasteiger charge is -2.11. The van der Waals surface area contributed by atoms with Gasteiger partial charge in [-0.05, 0) is 30.7 Å². The highest BCUT2D eigenvalue weighted by atomic mass is 79.9. The van der Waals surface area contributed by atoms with E-state index in [9.17, 15) is 4.79 Å². The highest BCUT2D eigenvalue weighted by molar-refractivity contribution is 9.10. The number of nitriles is 1. The molecule has 0 saturated carbocycles. The second kappa shape index (κ2) is 5.19. The Balaban J connectivity index is 2.51. The van der Waals surface area contributed by atoms with Crippen molar-refractivity contribution in [3.63, 3.8) is 0 Å². The average Bonchev–Trinajstić information content (AvgIpc) is 2.37. The first kappa shape index (κ1) is 12.6. The Morgan fingerprint density at radius 1 is 1.28 bits per heavy atom. The molecule has 1 heterocycles. The van der Waals surface area contributed by atoms with Gasteiger partial charge in [-0.15, -0.1) is 0 Å². The molecule has 0 aliphatic carbocycles. The third-order valence-electron chi connectivity index (χ3n) is 2.80. The van der Waals surface area contributed by atoms with Gasteiger partial charge in [-0.2, -0.15) is 5.26 Å². The molecular formula is C14H11BrN2O. The van der Waals surface area contributed by atoms with E-state index in [0.717, 1.165) is 15.7 Å². The monoisotopic (exact) mass is 302 g/mol. The Kier molecular flexibility index (Phi) is 3.63. The largest absolute Gasteiger partial charge is 0.307 e. The van der Waals surface area contributed by atoms with E-state index in [1.807, 2.05) is 37.3 Å². The molecule has 0 radical (unpaired) electrons. The number of aromatic nitrogens is 1. The van der Waals surface area contributed by atoms with Gasteiger partial charge in [0.2, 0.25) is 0 Å². The molecule has 18 heavy (non-hydrogen) atoms. The van der Waals surface area contributed by atoms with Crippen molar-refractivity contribution in [3.05, 3.63) is 68.0 Å². The molecular weight excluding hydrogens is 292 g/mol. The van der Waals surface area contributed by atoms with Crippen LogP contribution in [0.1, 0.15) is 16.8 Å². The van der Waals surface area contributed by atoms with Gasteiger partial charge in [0.25, 0.3) is 5.56 Å². The molecule has 2 aromatic rings. The Bertz CT molecular complexity index is 683. The van der Waals surface area contributed by atoms with Crippen molar-refractivity contribution in [1.82, 2.24) is 4.57 Å². The zero-order valence-corrected chi connectivity index (χ0v) is 11.4. The van der Waals surface area contributed by atoms with Crippen LogP contribution >= 0.6 is 15.9 Å². The van der Waals surface area contributed by atoms with E-state index in [1.165, 1.54) is 0 Å². The first-order valence-electron chi connectivity index (χ1n) is 5.47. The Morgan fingerprint density at radius 2 is 2.00 bits per heavy atom. The fourth-order valence-electron chi connectivity index (χ4n) is 1.75. The van der Waals surface area contributed by atoms with E-state index in [4.69, 9.17) is 5.26 Å². The van der Waals surface area contributed by atoms with Crippen molar-refractivity contribution >= 4 is 15.9 Å². The summed E-state index contributed by atoms with van der Waals surface area (Å²) in [5.74, 6) is 0. The van der Waals surface area contributed by atoms with Gasteiger partial charge in [0.1, 0.15) is 11.6 Å². The van der Waals surface area contributed by atoms with E-state index in [1.54, 1.807) is 16.7 Å². The van der Waals surface area contributed by atoms with Crippen molar-refractivity contribution in [2.45, 2.75) is 13.5 Å². The van der Waals surface area contributed by atoms with Crippen molar-refractivity contribution in [2.75, 3.05) is 0 Å². The van der Waals surface area contributed by atoms with Crippen molar-refractivity contribution in [3.8, 4) is 6.07 Å². The van der Waals surface area contributed by atoms with Crippen LogP contribution in [0.2, 0.25) is 0 Å². The number of pyridine rings is 1. The van der Waals surface area contributed by atoms with Gasteiger partial charge in [-0.3, -0.25) is 4.79 Å². The molecule has 0 spiro atoms. The first-order valence-corrected chi connectivity index (χ1v) is 6.26. The van der Waals surface area contributed by atoms with E-state index >= 15 is 0 Å². The minimum atomic E-state index is -0.242. The predicted molar refractivity (Wildman–Crippen MR) is 73.4 cm³/mol. The number of rotatable bonds is 2. The minimum Gasteiger partial charge on any atom is -0.307 e. The maximum Gasteiger partial charge on any atom is 0.268 e. The van der Waals surface area contributed by atoms with Crippen LogP contribution in [0.3, 0.4) is 0 Å². The summed E-state index contributed by atoms with van der Waals surface area (Å²) in [4.78, 5) is 12.1. The number of benzene rings is 1. The summed E-state index contributed by atoms with van der Waals surface area (Å²) in [6, 6.07) is 13.0. The molecule has 0 atom stereocenters. The van der Waals surface area contributed by atoms with E-state index in [-0.39, 0.29) is 11.1 Å². The molecule has 90 valence electrons. The van der Waals surface area contributed by atoms with Crippen LogP contribution in [-0.2, 0) is 6.54 Å². The van der Waals surface area contributed by atoms with Crippen LogP contribution in [0.25, 0.3) is 0 Å². The minimum absolute atomic E-state index is 0.174. The summed E-state index contributed by atoms with van der Waals surface area (Å²) in [6.07, 6.45) is 0. The molecule has 0 amide bonds. The lowest BCUT2D eigenvalue weighted by atomic mass is 10.2. The number of hydrogen-bond donors (Lipinski definition) is 0. The fraction of sp³-hybridized carbons (Fsp3) is 0.143. The van der Waals surface area contributed by atoms with Gasteiger partial charge in [-0.25, -0.2) is 0 Å². The lowest BCUT2D eigenvalue weighted by molar-refractivity contribution is 0.725. The number of hydrogen-bond acceptors (Lipinski definition) is 2. The number of aryl methyl sites for hydroxylation is 1. The molecule has 0 N–H and O–H groups in total. The van der Waals surface area contributed by atoms with Crippen LogP contribution in [0.4, 0.5) is 0 Å². The van der Waals surface area contributed by atoms with E-state index in [2.05, 4.69) is 15.9 Å². The Hall–Kier alpha value is -1.86. The average molecular weight is 303 g/mol. The molecule has 1 aromatic carbocycles. The van der Waals surface area contributed by atoms with Gasteiger partial charge in [0.15, 0.2) is 0 Å². The summed E-state index contributed by atoms with van der Waals surface area (Å²) < 4.78 is 2.57. The molecule has 4 heteroatoms. The second-order valence-electron chi connectivity index (χ2n) is 3.98. The molecule has 0 saturated heterocycles. The quantitative estimate of drug-likeness (QED) is 0.856. The van der Waals surface area contributed by atoms with Gasteiger partial charge < -0.3 is 4.57 Å². The van der Waals surface area contributed by atoms with Gasteiger partial charge >= 0.3 is 0 Å². The molecule has 0 fully saturated rings. The van der Waals surface area contributed by atoms with Crippen LogP contribution in [0.5, 0.6) is 0 Å². The molecule has 0 aliphatic rings. The van der Waals surface area contributed by atoms with Gasteiger partial charge in [0, 0.05) is 10.2 Å². The van der Waals surface area contributed by atoms with Crippen LogP contribution in [0.15, 0.2) is 45.7 Å². The number of halogens is 1. The summed E-state index contributed by atoms with van der Waals surface area (Å²) in [5, 5.41) is 8.88. The normalized spacial score (nSPS) is 10.1. The zero-order chi connectivity index (χ0) is 13.1. The molecule has 3 nitrogen and oxygen atoms in total. The van der Waals surface area contributed by atoms with E-state index < -0.39 is 0 Å². The third kappa shape index (κ3) is 2.36.